The highest BCUT2D eigenvalue weighted by Crippen LogP contribution is 2.43. The van der Waals surface area contributed by atoms with E-state index in [0.717, 1.165) is 12.1 Å². The third-order valence-corrected chi connectivity index (χ3v) is 8.93. The van der Waals surface area contributed by atoms with Gasteiger partial charge in [0, 0.05) is 25.1 Å². The summed E-state index contributed by atoms with van der Waals surface area (Å²) in [6, 6.07) is 6.41. The fourth-order valence-corrected chi connectivity index (χ4v) is 6.57. The largest absolute Gasteiger partial charge is 0.417 e. The molecule has 2 fully saturated rings. The first-order chi connectivity index (χ1) is 16.4. The van der Waals surface area contributed by atoms with Gasteiger partial charge < -0.3 is 10.1 Å². The number of halogens is 4. The second-order valence-corrected chi connectivity index (χ2v) is 11.4. The van der Waals surface area contributed by atoms with Gasteiger partial charge in [-0.15, -0.1) is 0 Å². The fraction of sp³-hybridized carbons (Fsp3) is 0.435. The van der Waals surface area contributed by atoms with Crippen molar-refractivity contribution in [2.75, 3.05) is 7.11 Å². The lowest BCUT2D eigenvalue weighted by Crippen LogP contribution is -2.42. The summed E-state index contributed by atoms with van der Waals surface area (Å²) in [7, 11) is -3.18. The third-order valence-electron chi connectivity index (χ3n) is 6.50. The van der Waals surface area contributed by atoms with E-state index in [4.69, 9.17) is 16.3 Å². The Labute approximate surface area is 205 Å². The van der Waals surface area contributed by atoms with Crippen LogP contribution in [-0.2, 0) is 25.5 Å². The first-order valence-electron chi connectivity index (χ1n) is 10.7. The van der Waals surface area contributed by atoms with Crippen LogP contribution in [0.15, 0.2) is 41.6 Å². The Balaban J connectivity index is 1.67. The van der Waals surface area contributed by atoms with Crippen LogP contribution in [0.25, 0.3) is 11.1 Å². The van der Waals surface area contributed by atoms with Crippen LogP contribution in [0.4, 0.5) is 13.2 Å². The van der Waals surface area contributed by atoms with Gasteiger partial charge in [0.05, 0.1) is 38.8 Å². The summed E-state index contributed by atoms with van der Waals surface area (Å²) in [6.45, 7) is 0. The third kappa shape index (κ3) is 5.01. The number of nitrogens with zero attached hydrogens (tertiary/aromatic N) is 2. The Hall–Kier alpha value is -2.68. The number of methoxy groups -OCH3 is 1. The van der Waals surface area contributed by atoms with E-state index < -0.39 is 55.2 Å². The molecule has 0 bridgehead atoms. The zero-order valence-electron chi connectivity index (χ0n) is 18.5. The topological polar surface area (TPSA) is 109 Å². The Morgan fingerprint density at radius 1 is 1.23 bits per heavy atom. The number of nitriles is 1. The second kappa shape index (κ2) is 9.08. The first kappa shape index (κ1) is 25.4. The molecule has 0 aliphatic heterocycles. The van der Waals surface area contributed by atoms with Gasteiger partial charge in [-0.2, -0.15) is 18.4 Å². The van der Waals surface area contributed by atoms with Gasteiger partial charge in [0.25, 0.3) is 0 Å². The molecule has 4 rings (SSSR count). The number of benzene rings is 1. The zero-order chi connectivity index (χ0) is 25.6. The predicted octanol–water partition coefficient (Wildman–Crippen LogP) is 4.16. The minimum atomic E-state index is -4.95. The van der Waals surface area contributed by atoms with E-state index >= 15 is 0 Å². The van der Waals surface area contributed by atoms with Crippen molar-refractivity contribution in [2.24, 2.45) is 5.92 Å². The summed E-state index contributed by atoms with van der Waals surface area (Å²) >= 11 is 5.89. The van der Waals surface area contributed by atoms with E-state index in [1.165, 1.54) is 31.6 Å². The molecule has 1 aromatic heterocycles. The van der Waals surface area contributed by atoms with E-state index in [9.17, 15) is 31.6 Å². The maximum atomic E-state index is 14.0. The van der Waals surface area contributed by atoms with Crippen molar-refractivity contribution in [3.63, 3.8) is 0 Å². The van der Waals surface area contributed by atoms with Gasteiger partial charge in [-0.25, -0.2) is 8.42 Å². The van der Waals surface area contributed by atoms with Crippen LogP contribution in [-0.4, -0.2) is 43.3 Å². The molecule has 7 nitrogen and oxygen atoms in total. The highest BCUT2D eigenvalue weighted by atomic mass is 35.5. The highest BCUT2D eigenvalue weighted by Gasteiger charge is 2.51. The van der Waals surface area contributed by atoms with Gasteiger partial charge >= 0.3 is 6.18 Å². The van der Waals surface area contributed by atoms with Crippen molar-refractivity contribution in [3.05, 3.63) is 47.2 Å². The fourth-order valence-electron chi connectivity index (χ4n) is 4.39. The molecule has 1 heterocycles. The smallest absolute Gasteiger partial charge is 0.381 e. The Kier molecular flexibility index (Phi) is 6.59. The van der Waals surface area contributed by atoms with Gasteiger partial charge in [0.15, 0.2) is 9.84 Å². The van der Waals surface area contributed by atoms with Crippen LogP contribution in [0.2, 0.25) is 5.02 Å². The van der Waals surface area contributed by atoms with Gasteiger partial charge in [0.2, 0.25) is 5.91 Å². The van der Waals surface area contributed by atoms with Gasteiger partial charge in [-0.05, 0) is 49.4 Å². The molecule has 1 N–H and O–H groups in total. The van der Waals surface area contributed by atoms with Gasteiger partial charge in [-0.1, -0.05) is 17.7 Å². The molecule has 0 spiro atoms. The molecule has 3 atom stereocenters. The van der Waals surface area contributed by atoms with Crippen LogP contribution in [0.3, 0.4) is 0 Å². The number of ether oxygens (including phenoxy) is 1. The first-order valence-corrected chi connectivity index (χ1v) is 12.6. The summed E-state index contributed by atoms with van der Waals surface area (Å²) in [5.74, 6) is -1.44. The Bertz CT molecular complexity index is 1310. The van der Waals surface area contributed by atoms with Crippen LogP contribution in [0.1, 0.15) is 31.2 Å². The lowest BCUT2D eigenvalue weighted by atomic mass is 10.0. The number of sulfone groups is 1. The van der Waals surface area contributed by atoms with E-state index in [1.54, 1.807) is 0 Å². The number of carbonyl (C=O) groups is 1. The molecule has 1 amide bonds. The SMILES string of the molecule is CO[C@@H]1CC(S(=O)(=O)c2ccc(-c3cncc(Cl)c3)cc2C(F)(F)F)C[C@H]1C(=O)NC1(C#N)CC1. The average molecular weight is 528 g/mol. The molecular weight excluding hydrogens is 507 g/mol. The summed E-state index contributed by atoms with van der Waals surface area (Å²) in [5, 5.41) is 10.8. The number of carbonyl (C=O) groups excluding carboxylic acids is 1. The summed E-state index contributed by atoms with van der Waals surface area (Å²) in [4.78, 5) is 15.8. The van der Waals surface area contributed by atoms with Crippen molar-refractivity contribution in [3.8, 4) is 17.2 Å². The van der Waals surface area contributed by atoms with Crippen molar-refractivity contribution in [1.29, 1.82) is 5.26 Å². The number of aromatic nitrogens is 1. The molecule has 2 aliphatic carbocycles. The van der Waals surface area contributed by atoms with Crippen molar-refractivity contribution in [1.82, 2.24) is 10.3 Å². The number of pyridine rings is 1. The van der Waals surface area contributed by atoms with Crippen LogP contribution in [0.5, 0.6) is 0 Å². The van der Waals surface area contributed by atoms with E-state index in [0.29, 0.717) is 18.4 Å². The lowest BCUT2D eigenvalue weighted by Gasteiger charge is -2.19. The standard InChI is InChI=1S/C23H21ClF3N3O4S/c1-34-19-9-16(8-17(19)21(31)30-22(12-28)4-5-22)35(32,33)20-3-2-13(7-18(20)23(25,26)27)14-6-15(24)11-29-10-14/h2-3,6-7,10-11,16-17,19H,4-5,8-9H2,1H3,(H,30,31)/t16?,17-,19-/m1/s1. The number of rotatable bonds is 6. The molecule has 2 aromatic rings. The molecule has 1 unspecified atom stereocenters. The lowest BCUT2D eigenvalue weighted by molar-refractivity contribution is -0.139. The van der Waals surface area contributed by atoms with E-state index in [2.05, 4.69) is 10.3 Å². The molecule has 1 aromatic carbocycles. The monoisotopic (exact) mass is 527 g/mol. The quantitative estimate of drug-likeness (QED) is 0.604. The number of hydrogen-bond donors (Lipinski definition) is 1. The van der Waals surface area contributed by atoms with E-state index in [-0.39, 0.29) is 23.4 Å². The molecule has 2 aliphatic rings. The Morgan fingerprint density at radius 3 is 2.51 bits per heavy atom. The average Bonchev–Trinajstić information content (AvgIpc) is 3.43. The number of hydrogen-bond acceptors (Lipinski definition) is 6. The van der Waals surface area contributed by atoms with Gasteiger partial charge in [0.1, 0.15) is 5.54 Å². The van der Waals surface area contributed by atoms with Crippen molar-refractivity contribution >= 4 is 27.3 Å². The second-order valence-electron chi connectivity index (χ2n) is 8.80. The van der Waals surface area contributed by atoms with E-state index in [1.807, 2.05) is 6.07 Å². The predicted molar refractivity (Wildman–Crippen MR) is 120 cm³/mol. The molecule has 2 saturated carbocycles. The van der Waals surface area contributed by atoms with Gasteiger partial charge in [-0.3, -0.25) is 9.78 Å². The summed E-state index contributed by atoms with van der Waals surface area (Å²) < 4.78 is 74.1. The summed E-state index contributed by atoms with van der Waals surface area (Å²) in [5.41, 5.74) is -1.86. The number of alkyl halides is 3. The normalized spacial score (nSPS) is 23.5. The number of amides is 1. The molecule has 12 heteroatoms. The van der Waals surface area contributed by atoms with Crippen LogP contribution in [0, 0.1) is 17.2 Å². The van der Waals surface area contributed by atoms with Crippen molar-refractivity contribution < 1.29 is 31.1 Å². The summed E-state index contributed by atoms with van der Waals surface area (Å²) in [6.07, 6.45) is -2.49. The molecule has 0 saturated heterocycles. The molecule has 35 heavy (non-hydrogen) atoms. The molecular formula is C23H21ClF3N3O4S. The van der Waals surface area contributed by atoms with Crippen LogP contribution >= 0.6 is 11.6 Å². The maximum absolute atomic E-state index is 14.0. The number of nitrogens with one attached hydrogen (secondary N) is 1. The minimum Gasteiger partial charge on any atom is -0.381 e. The highest BCUT2D eigenvalue weighted by molar-refractivity contribution is 7.92. The zero-order valence-corrected chi connectivity index (χ0v) is 20.0. The minimum absolute atomic E-state index is 0.107. The van der Waals surface area contributed by atoms with Crippen LogP contribution < -0.4 is 5.32 Å². The van der Waals surface area contributed by atoms with Crippen molar-refractivity contribution in [2.45, 2.75) is 53.6 Å². The molecule has 0 radical (unpaired) electrons. The Morgan fingerprint density at radius 2 is 1.94 bits per heavy atom. The maximum Gasteiger partial charge on any atom is 0.417 e. The molecule has 186 valence electrons.